The van der Waals surface area contributed by atoms with Crippen molar-refractivity contribution in [2.45, 2.75) is 23.9 Å². The highest BCUT2D eigenvalue weighted by molar-refractivity contribution is 7.89. The van der Waals surface area contributed by atoms with E-state index in [9.17, 15) is 12.8 Å². The van der Waals surface area contributed by atoms with E-state index in [-0.39, 0.29) is 23.3 Å². The fraction of sp³-hybridized carbons (Fsp3) is 0.280. The van der Waals surface area contributed by atoms with Crippen molar-refractivity contribution in [3.8, 4) is 11.5 Å². The van der Waals surface area contributed by atoms with Gasteiger partial charge in [-0.2, -0.15) is 0 Å². The van der Waals surface area contributed by atoms with Crippen LogP contribution in [0, 0.1) is 5.82 Å². The summed E-state index contributed by atoms with van der Waals surface area (Å²) in [6, 6.07) is 18.4. The molecule has 0 spiro atoms. The first-order chi connectivity index (χ1) is 15.9. The first-order valence-corrected chi connectivity index (χ1v) is 12.2. The van der Waals surface area contributed by atoms with Crippen LogP contribution in [0.4, 0.5) is 4.39 Å². The SMILES string of the molecule is COc1cc2c(cc1OC)[C@@H](CNS(=O)(=O)c1ccccc1)N(Cc1ccccc1F)CC2. The summed E-state index contributed by atoms with van der Waals surface area (Å²) in [5.74, 6) is 0.918. The highest BCUT2D eigenvalue weighted by Crippen LogP contribution is 2.38. The molecule has 1 aliphatic heterocycles. The molecule has 8 heteroatoms. The van der Waals surface area contributed by atoms with Crippen molar-refractivity contribution in [2.24, 2.45) is 0 Å². The monoisotopic (exact) mass is 470 g/mol. The van der Waals surface area contributed by atoms with Gasteiger partial charge in [-0.3, -0.25) is 4.90 Å². The Morgan fingerprint density at radius 1 is 1.00 bits per heavy atom. The normalized spacial score (nSPS) is 16.3. The molecule has 0 saturated heterocycles. The average molecular weight is 471 g/mol. The fourth-order valence-electron chi connectivity index (χ4n) is 4.23. The van der Waals surface area contributed by atoms with Crippen LogP contribution in [0.2, 0.25) is 0 Å². The van der Waals surface area contributed by atoms with Gasteiger partial charge in [-0.05, 0) is 47.9 Å². The van der Waals surface area contributed by atoms with Gasteiger partial charge in [0, 0.05) is 31.2 Å². The maximum absolute atomic E-state index is 14.4. The second-order valence-electron chi connectivity index (χ2n) is 7.90. The largest absolute Gasteiger partial charge is 0.493 e. The predicted molar refractivity (Wildman–Crippen MR) is 124 cm³/mol. The number of sulfonamides is 1. The van der Waals surface area contributed by atoms with Gasteiger partial charge >= 0.3 is 0 Å². The molecule has 0 amide bonds. The molecule has 0 aromatic heterocycles. The second kappa shape index (κ2) is 9.91. The average Bonchev–Trinajstić information content (AvgIpc) is 2.84. The molecular formula is C25H27FN2O4S. The molecule has 6 nitrogen and oxygen atoms in total. The minimum atomic E-state index is -3.70. The Morgan fingerprint density at radius 2 is 1.67 bits per heavy atom. The quantitative estimate of drug-likeness (QED) is 0.541. The number of hydrogen-bond acceptors (Lipinski definition) is 5. The summed E-state index contributed by atoms with van der Waals surface area (Å²) < 4.78 is 53.9. The Balaban J connectivity index is 1.68. The van der Waals surface area contributed by atoms with E-state index in [4.69, 9.17) is 9.47 Å². The van der Waals surface area contributed by atoms with Crippen molar-refractivity contribution in [2.75, 3.05) is 27.3 Å². The highest BCUT2D eigenvalue weighted by Gasteiger charge is 2.31. The molecule has 1 N–H and O–H groups in total. The zero-order chi connectivity index (χ0) is 23.4. The van der Waals surface area contributed by atoms with Crippen LogP contribution in [-0.4, -0.2) is 40.6 Å². The molecule has 3 aromatic rings. The number of halogens is 1. The molecule has 1 atom stereocenters. The van der Waals surface area contributed by atoms with E-state index in [0.29, 0.717) is 30.2 Å². The summed E-state index contributed by atoms with van der Waals surface area (Å²) in [4.78, 5) is 2.30. The zero-order valence-corrected chi connectivity index (χ0v) is 19.4. The number of rotatable bonds is 8. The smallest absolute Gasteiger partial charge is 0.240 e. The van der Waals surface area contributed by atoms with Crippen LogP contribution in [0.1, 0.15) is 22.7 Å². The fourth-order valence-corrected chi connectivity index (χ4v) is 5.28. The molecule has 1 aliphatic rings. The van der Waals surface area contributed by atoms with Gasteiger partial charge < -0.3 is 9.47 Å². The molecule has 1 heterocycles. The third kappa shape index (κ3) is 5.03. The van der Waals surface area contributed by atoms with E-state index >= 15 is 0 Å². The van der Waals surface area contributed by atoms with Crippen LogP contribution < -0.4 is 14.2 Å². The molecule has 0 fully saturated rings. The van der Waals surface area contributed by atoms with Gasteiger partial charge in [0.05, 0.1) is 19.1 Å². The van der Waals surface area contributed by atoms with E-state index in [1.165, 1.54) is 6.07 Å². The zero-order valence-electron chi connectivity index (χ0n) is 18.6. The van der Waals surface area contributed by atoms with Gasteiger partial charge in [0.1, 0.15) is 5.82 Å². The van der Waals surface area contributed by atoms with Gasteiger partial charge in [-0.15, -0.1) is 0 Å². The van der Waals surface area contributed by atoms with E-state index in [1.54, 1.807) is 62.8 Å². The first kappa shape index (κ1) is 23.2. The van der Waals surface area contributed by atoms with Gasteiger partial charge in [0.25, 0.3) is 0 Å². The van der Waals surface area contributed by atoms with Crippen molar-refractivity contribution in [3.05, 3.63) is 89.2 Å². The van der Waals surface area contributed by atoms with Gasteiger partial charge in [0.15, 0.2) is 11.5 Å². The Labute approximate surface area is 194 Å². The summed E-state index contributed by atoms with van der Waals surface area (Å²) in [5, 5.41) is 0. The lowest BCUT2D eigenvalue weighted by Crippen LogP contribution is -2.42. The number of benzene rings is 3. The number of hydrogen-bond donors (Lipinski definition) is 1. The molecule has 0 aliphatic carbocycles. The molecule has 174 valence electrons. The molecule has 0 unspecified atom stereocenters. The first-order valence-electron chi connectivity index (χ1n) is 10.7. The number of fused-ring (bicyclic) bond motifs is 1. The maximum Gasteiger partial charge on any atom is 0.240 e. The van der Waals surface area contributed by atoms with Crippen LogP contribution in [0.5, 0.6) is 11.5 Å². The van der Waals surface area contributed by atoms with Gasteiger partial charge in [-0.1, -0.05) is 36.4 Å². The Morgan fingerprint density at radius 3 is 2.36 bits per heavy atom. The summed E-state index contributed by atoms with van der Waals surface area (Å²) in [6.45, 7) is 1.14. The summed E-state index contributed by atoms with van der Waals surface area (Å²) in [5.41, 5.74) is 2.56. The number of nitrogens with one attached hydrogen (secondary N) is 1. The van der Waals surface area contributed by atoms with Gasteiger partial charge in [-0.25, -0.2) is 17.5 Å². The summed E-state index contributed by atoms with van der Waals surface area (Å²) >= 11 is 0. The third-order valence-electron chi connectivity index (χ3n) is 5.96. The predicted octanol–water partition coefficient (Wildman–Crippen LogP) is 3.92. The van der Waals surface area contributed by atoms with Crippen molar-refractivity contribution in [1.29, 1.82) is 0 Å². The Kier molecular flexibility index (Phi) is 6.97. The molecule has 3 aromatic carbocycles. The standard InChI is InChI=1S/C25H27FN2O4S/c1-31-24-14-18-12-13-28(17-19-8-6-7-11-22(19)26)23(21(18)15-25(24)32-2)16-27-33(29,30)20-9-4-3-5-10-20/h3-11,14-15,23,27H,12-13,16-17H2,1-2H3/t23-/m1/s1. The summed E-state index contributed by atoms with van der Waals surface area (Å²) in [6.07, 6.45) is 0.728. The van der Waals surface area contributed by atoms with Crippen molar-refractivity contribution >= 4 is 10.0 Å². The number of nitrogens with zero attached hydrogens (tertiary/aromatic N) is 1. The van der Waals surface area contributed by atoms with Crippen molar-refractivity contribution < 1.29 is 22.3 Å². The lowest BCUT2D eigenvalue weighted by Gasteiger charge is -2.38. The number of ether oxygens (including phenoxy) is 2. The van der Waals surface area contributed by atoms with Crippen LogP contribution in [0.25, 0.3) is 0 Å². The molecule has 0 saturated carbocycles. The Bertz CT molecular complexity index is 1220. The topological polar surface area (TPSA) is 67.9 Å². The molecular weight excluding hydrogens is 443 g/mol. The molecule has 33 heavy (non-hydrogen) atoms. The summed E-state index contributed by atoms with van der Waals surface area (Å²) in [7, 11) is -0.549. The maximum atomic E-state index is 14.4. The lowest BCUT2D eigenvalue weighted by atomic mass is 9.91. The molecule has 0 bridgehead atoms. The van der Waals surface area contributed by atoms with Gasteiger partial charge in [0.2, 0.25) is 10.0 Å². The molecule has 0 radical (unpaired) electrons. The number of methoxy groups -OCH3 is 2. The lowest BCUT2D eigenvalue weighted by molar-refractivity contribution is 0.174. The van der Waals surface area contributed by atoms with Crippen molar-refractivity contribution in [3.63, 3.8) is 0 Å². The molecule has 4 rings (SSSR count). The van der Waals surface area contributed by atoms with Crippen molar-refractivity contribution in [1.82, 2.24) is 9.62 Å². The van der Waals surface area contributed by atoms with E-state index in [0.717, 1.165) is 17.5 Å². The van der Waals surface area contributed by atoms with E-state index in [1.807, 2.05) is 12.1 Å². The Hall–Kier alpha value is -2.94. The minimum Gasteiger partial charge on any atom is -0.493 e. The van der Waals surface area contributed by atoms with Crippen LogP contribution in [0.3, 0.4) is 0 Å². The van der Waals surface area contributed by atoms with Crippen LogP contribution >= 0.6 is 0 Å². The minimum absolute atomic E-state index is 0.133. The highest BCUT2D eigenvalue weighted by atomic mass is 32.2. The van der Waals surface area contributed by atoms with E-state index in [2.05, 4.69) is 9.62 Å². The van der Waals surface area contributed by atoms with Crippen LogP contribution in [0.15, 0.2) is 71.6 Å². The third-order valence-corrected chi connectivity index (χ3v) is 7.40. The van der Waals surface area contributed by atoms with Crippen LogP contribution in [-0.2, 0) is 23.0 Å². The van der Waals surface area contributed by atoms with E-state index < -0.39 is 10.0 Å². The second-order valence-corrected chi connectivity index (χ2v) is 9.67.